The summed E-state index contributed by atoms with van der Waals surface area (Å²) in [5.41, 5.74) is 0.959. The third kappa shape index (κ3) is 4.86. The molecule has 1 atom stereocenters. The number of nitrogens with zero attached hydrogens (tertiary/aromatic N) is 6. The lowest BCUT2D eigenvalue weighted by Gasteiger charge is -2.39. The highest BCUT2D eigenvalue weighted by atomic mass is 16.3. The van der Waals surface area contributed by atoms with Crippen molar-refractivity contribution in [2.75, 3.05) is 27.2 Å². The van der Waals surface area contributed by atoms with Crippen LogP contribution < -0.4 is 0 Å². The molecule has 1 aliphatic heterocycles. The lowest BCUT2D eigenvalue weighted by atomic mass is 9.89. The fourth-order valence-corrected chi connectivity index (χ4v) is 3.32. The number of pyridine rings is 1. The normalized spacial score (nSPS) is 20.9. The van der Waals surface area contributed by atoms with E-state index in [1.807, 2.05) is 24.5 Å². The molecule has 2 aromatic rings. The average Bonchev–Trinajstić information content (AvgIpc) is 3.02. The largest absolute Gasteiger partial charge is 0.388 e. The van der Waals surface area contributed by atoms with Crippen LogP contribution in [-0.2, 0) is 17.9 Å². The quantitative estimate of drug-likeness (QED) is 0.810. The van der Waals surface area contributed by atoms with E-state index < -0.39 is 5.60 Å². The second-order valence-corrected chi connectivity index (χ2v) is 7.27. The molecule has 1 saturated heterocycles. The first-order chi connectivity index (χ1) is 12.4. The number of likely N-dealkylation sites (tertiary alicyclic amines) is 1. The zero-order chi connectivity index (χ0) is 18.6. The van der Waals surface area contributed by atoms with Gasteiger partial charge in [0, 0.05) is 39.6 Å². The zero-order valence-corrected chi connectivity index (χ0v) is 15.4. The predicted octanol–water partition coefficient (Wildman–Crippen LogP) is 0.527. The van der Waals surface area contributed by atoms with E-state index in [1.54, 1.807) is 25.0 Å². The van der Waals surface area contributed by atoms with Gasteiger partial charge in [-0.1, -0.05) is 11.3 Å². The Morgan fingerprint density at radius 2 is 2.23 bits per heavy atom. The standard InChI is InChI=1S/C18H26N6O2/c1-22(2)17(25)9-18(26)6-4-8-23(14-18)12-16-13-24(21-20-16)11-15-5-3-7-19-10-15/h3,5,7,10,13,26H,4,6,8-9,11-12,14H2,1-2H3. The molecular weight excluding hydrogens is 332 g/mol. The van der Waals surface area contributed by atoms with Crippen LogP contribution >= 0.6 is 0 Å². The summed E-state index contributed by atoms with van der Waals surface area (Å²) in [6, 6.07) is 3.90. The van der Waals surface area contributed by atoms with Crippen molar-refractivity contribution in [1.29, 1.82) is 0 Å². The fraction of sp³-hybridized carbons (Fsp3) is 0.556. The van der Waals surface area contributed by atoms with Crippen molar-refractivity contribution in [3.05, 3.63) is 42.0 Å². The van der Waals surface area contributed by atoms with Crippen LogP contribution in [0.1, 0.15) is 30.5 Å². The van der Waals surface area contributed by atoms with Gasteiger partial charge >= 0.3 is 0 Å². The number of β-amino-alcohol motifs (C(OH)–C–C–N with tert-alkyl or cyclic N) is 1. The Kier molecular flexibility index (Phi) is 5.63. The number of aromatic nitrogens is 4. The number of hydrogen-bond donors (Lipinski definition) is 1. The molecule has 2 aromatic heterocycles. The van der Waals surface area contributed by atoms with Gasteiger partial charge in [-0.25, -0.2) is 4.68 Å². The first kappa shape index (κ1) is 18.5. The van der Waals surface area contributed by atoms with Crippen molar-refractivity contribution in [2.45, 2.75) is 38.0 Å². The van der Waals surface area contributed by atoms with Gasteiger partial charge < -0.3 is 10.0 Å². The van der Waals surface area contributed by atoms with E-state index in [2.05, 4.69) is 20.2 Å². The topological polar surface area (TPSA) is 87.4 Å². The second kappa shape index (κ2) is 7.92. The van der Waals surface area contributed by atoms with E-state index >= 15 is 0 Å². The van der Waals surface area contributed by atoms with Crippen LogP contribution in [0.3, 0.4) is 0 Å². The summed E-state index contributed by atoms with van der Waals surface area (Å²) >= 11 is 0. The molecule has 1 N–H and O–H groups in total. The number of rotatable bonds is 6. The van der Waals surface area contributed by atoms with Gasteiger partial charge in [-0.05, 0) is 31.0 Å². The molecular formula is C18H26N6O2. The van der Waals surface area contributed by atoms with Gasteiger partial charge in [0.15, 0.2) is 0 Å². The van der Waals surface area contributed by atoms with E-state index in [1.165, 1.54) is 4.90 Å². The monoisotopic (exact) mass is 358 g/mol. The molecule has 0 bridgehead atoms. The Hall–Kier alpha value is -2.32. The Morgan fingerprint density at radius 3 is 2.96 bits per heavy atom. The summed E-state index contributed by atoms with van der Waals surface area (Å²) in [4.78, 5) is 19.8. The molecule has 1 fully saturated rings. The second-order valence-electron chi connectivity index (χ2n) is 7.27. The molecule has 26 heavy (non-hydrogen) atoms. The molecule has 0 radical (unpaired) electrons. The first-order valence-electron chi connectivity index (χ1n) is 8.86. The van der Waals surface area contributed by atoms with Crippen molar-refractivity contribution in [2.24, 2.45) is 0 Å². The molecule has 0 spiro atoms. The number of carbonyl (C=O) groups excluding carboxylic acids is 1. The van der Waals surface area contributed by atoms with Crippen molar-refractivity contribution in [3.63, 3.8) is 0 Å². The maximum absolute atomic E-state index is 12.0. The molecule has 1 unspecified atom stereocenters. The maximum Gasteiger partial charge on any atom is 0.224 e. The van der Waals surface area contributed by atoms with Gasteiger partial charge in [0.25, 0.3) is 0 Å². The Bertz CT molecular complexity index is 732. The van der Waals surface area contributed by atoms with Crippen LogP contribution in [0, 0.1) is 0 Å². The molecule has 0 aliphatic carbocycles. The number of piperidine rings is 1. The molecule has 140 valence electrons. The minimum absolute atomic E-state index is 0.0447. The van der Waals surface area contributed by atoms with Crippen molar-refractivity contribution in [1.82, 2.24) is 29.8 Å². The Morgan fingerprint density at radius 1 is 1.38 bits per heavy atom. The third-order valence-electron chi connectivity index (χ3n) is 4.65. The van der Waals surface area contributed by atoms with E-state index in [-0.39, 0.29) is 12.3 Å². The zero-order valence-electron chi connectivity index (χ0n) is 15.4. The van der Waals surface area contributed by atoms with Crippen molar-refractivity contribution in [3.8, 4) is 0 Å². The molecule has 3 rings (SSSR count). The van der Waals surface area contributed by atoms with E-state index in [9.17, 15) is 9.90 Å². The highest BCUT2D eigenvalue weighted by molar-refractivity contribution is 5.76. The summed E-state index contributed by atoms with van der Waals surface area (Å²) in [5.74, 6) is -0.0447. The molecule has 8 heteroatoms. The van der Waals surface area contributed by atoms with Crippen LogP contribution in [0.2, 0.25) is 0 Å². The SMILES string of the molecule is CN(C)C(=O)CC1(O)CCCN(Cc2cn(Cc3cccnc3)nn2)C1. The third-order valence-corrected chi connectivity index (χ3v) is 4.65. The molecule has 3 heterocycles. The van der Waals surface area contributed by atoms with Gasteiger partial charge in [-0.3, -0.25) is 14.7 Å². The van der Waals surface area contributed by atoms with Gasteiger partial charge in [0.2, 0.25) is 5.91 Å². The number of amides is 1. The highest BCUT2D eigenvalue weighted by Crippen LogP contribution is 2.26. The molecule has 0 aromatic carbocycles. The average molecular weight is 358 g/mol. The molecule has 1 aliphatic rings. The van der Waals surface area contributed by atoms with E-state index in [0.717, 1.165) is 24.2 Å². The lowest BCUT2D eigenvalue weighted by Crippen LogP contribution is -2.50. The van der Waals surface area contributed by atoms with Gasteiger partial charge in [0.05, 0.1) is 30.5 Å². The Balaban J connectivity index is 1.58. The van der Waals surface area contributed by atoms with Gasteiger partial charge in [-0.15, -0.1) is 5.10 Å². The van der Waals surface area contributed by atoms with Gasteiger partial charge in [0.1, 0.15) is 0 Å². The lowest BCUT2D eigenvalue weighted by molar-refractivity contribution is -0.136. The van der Waals surface area contributed by atoms with Crippen molar-refractivity contribution < 1.29 is 9.90 Å². The maximum atomic E-state index is 12.0. The summed E-state index contributed by atoms with van der Waals surface area (Å²) in [6.07, 6.45) is 7.15. The number of carbonyl (C=O) groups is 1. The number of aliphatic hydroxyl groups is 1. The summed E-state index contributed by atoms with van der Waals surface area (Å²) < 4.78 is 1.79. The Labute approximate surface area is 153 Å². The van der Waals surface area contributed by atoms with E-state index in [0.29, 0.717) is 26.1 Å². The van der Waals surface area contributed by atoms with Gasteiger partial charge in [-0.2, -0.15) is 0 Å². The van der Waals surface area contributed by atoms with E-state index in [4.69, 9.17) is 0 Å². The van der Waals surface area contributed by atoms with Crippen LogP contribution in [0.5, 0.6) is 0 Å². The summed E-state index contributed by atoms with van der Waals surface area (Å²) in [7, 11) is 3.43. The predicted molar refractivity (Wildman–Crippen MR) is 96.1 cm³/mol. The minimum atomic E-state index is -0.967. The summed E-state index contributed by atoms with van der Waals surface area (Å²) in [6.45, 7) is 2.60. The van der Waals surface area contributed by atoms with Crippen LogP contribution in [0.4, 0.5) is 0 Å². The van der Waals surface area contributed by atoms with Crippen LogP contribution in [0.25, 0.3) is 0 Å². The smallest absolute Gasteiger partial charge is 0.224 e. The minimum Gasteiger partial charge on any atom is -0.388 e. The fourth-order valence-electron chi connectivity index (χ4n) is 3.32. The molecule has 1 amide bonds. The highest BCUT2D eigenvalue weighted by Gasteiger charge is 2.35. The van der Waals surface area contributed by atoms with Crippen LogP contribution in [0.15, 0.2) is 30.7 Å². The molecule has 0 saturated carbocycles. The molecule has 8 nitrogen and oxygen atoms in total. The number of hydrogen-bond acceptors (Lipinski definition) is 6. The first-order valence-corrected chi connectivity index (χ1v) is 8.86. The van der Waals surface area contributed by atoms with Crippen LogP contribution in [-0.4, -0.2) is 73.6 Å². The summed E-state index contributed by atoms with van der Waals surface area (Å²) in [5, 5.41) is 19.2. The van der Waals surface area contributed by atoms with Crippen molar-refractivity contribution >= 4 is 5.91 Å².